The molecule has 1 N–H and O–H groups in total. The number of aliphatic carboxylic acids is 1. The van der Waals surface area contributed by atoms with Crippen molar-refractivity contribution < 1.29 is 14.7 Å². The summed E-state index contributed by atoms with van der Waals surface area (Å²) >= 11 is 0. The molecule has 4 nitrogen and oxygen atoms in total. The van der Waals surface area contributed by atoms with E-state index in [9.17, 15) is 9.59 Å². The predicted molar refractivity (Wildman–Crippen MR) is 71.9 cm³/mol. The van der Waals surface area contributed by atoms with Crippen LogP contribution in [0, 0.1) is 20.8 Å². The normalized spacial score (nSPS) is 10.5. The summed E-state index contributed by atoms with van der Waals surface area (Å²) in [5.74, 6) is -2.29. The summed E-state index contributed by atoms with van der Waals surface area (Å²) in [6.07, 6.45) is 0. The number of ketones is 1. The van der Waals surface area contributed by atoms with E-state index in [-0.39, 0.29) is 5.56 Å². The lowest BCUT2D eigenvalue weighted by molar-refractivity contribution is -0.131. The Labute approximate surface area is 111 Å². The molecule has 0 spiro atoms. The number of aryl methyl sites for hydroxylation is 2. The predicted octanol–water partition coefficient (Wildman–Crippen LogP) is 2.67. The number of aromatic nitrogens is 1. The van der Waals surface area contributed by atoms with Gasteiger partial charge in [0.1, 0.15) is 0 Å². The van der Waals surface area contributed by atoms with Crippen LogP contribution < -0.4 is 0 Å². The summed E-state index contributed by atoms with van der Waals surface area (Å²) in [6, 6.07) is 9.41. The van der Waals surface area contributed by atoms with Gasteiger partial charge < -0.3 is 9.67 Å². The van der Waals surface area contributed by atoms with E-state index in [4.69, 9.17) is 5.11 Å². The number of hydrogen-bond acceptors (Lipinski definition) is 2. The van der Waals surface area contributed by atoms with Crippen molar-refractivity contribution in [1.82, 2.24) is 4.57 Å². The fraction of sp³-hybridized carbons (Fsp3) is 0.200. The van der Waals surface area contributed by atoms with E-state index in [2.05, 4.69) is 0 Å². The smallest absolute Gasteiger partial charge is 0.377 e. The molecule has 0 saturated carbocycles. The summed E-state index contributed by atoms with van der Waals surface area (Å²) in [7, 11) is 0. The molecule has 0 aliphatic heterocycles. The molecule has 0 radical (unpaired) electrons. The Balaban J connectivity index is 2.64. The van der Waals surface area contributed by atoms with Gasteiger partial charge in [-0.05, 0) is 38.5 Å². The molecule has 0 amide bonds. The third-order valence-corrected chi connectivity index (χ3v) is 3.23. The minimum atomic E-state index is -1.43. The number of nitrogens with zero attached hydrogens (tertiary/aromatic N) is 1. The Bertz CT molecular complexity index is 668. The first-order valence-electron chi connectivity index (χ1n) is 5.96. The summed E-state index contributed by atoms with van der Waals surface area (Å²) in [6.45, 7) is 5.60. The van der Waals surface area contributed by atoms with E-state index in [1.54, 1.807) is 13.0 Å². The van der Waals surface area contributed by atoms with Gasteiger partial charge in [-0.1, -0.05) is 18.2 Å². The molecule has 2 rings (SSSR count). The molecule has 0 aliphatic carbocycles. The zero-order valence-electron chi connectivity index (χ0n) is 11.1. The lowest BCUT2D eigenvalue weighted by Gasteiger charge is -2.12. The average molecular weight is 257 g/mol. The number of carboxylic acid groups (broad SMARTS) is 1. The summed E-state index contributed by atoms with van der Waals surface area (Å²) in [5, 5.41) is 8.83. The highest BCUT2D eigenvalue weighted by Gasteiger charge is 2.22. The monoisotopic (exact) mass is 257 g/mol. The van der Waals surface area contributed by atoms with Crippen molar-refractivity contribution in [2.75, 3.05) is 0 Å². The standard InChI is InChI=1S/C15H15NO3/c1-9-6-4-5-7-13(9)16-10(2)8-12(11(16)3)14(17)15(18)19/h4-8H,1-3H3,(H,18,19). The molecule has 98 valence electrons. The number of Topliss-reactive ketones (excluding diaryl/α,β-unsaturated/α-hetero) is 1. The Kier molecular flexibility index (Phi) is 3.25. The van der Waals surface area contributed by atoms with Crippen LogP contribution in [-0.4, -0.2) is 21.4 Å². The van der Waals surface area contributed by atoms with Crippen LogP contribution in [0.2, 0.25) is 0 Å². The Morgan fingerprint density at radius 1 is 1.11 bits per heavy atom. The van der Waals surface area contributed by atoms with Crippen molar-refractivity contribution >= 4 is 11.8 Å². The molecule has 0 bridgehead atoms. The molecule has 1 aromatic heterocycles. The SMILES string of the molecule is Cc1ccccc1-n1c(C)cc(C(=O)C(=O)O)c1C. The van der Waals surface area contributed by atoms with Gasteiger partial charge in [-0.25, -0.2) is 4.79 Å². The largest absolute Gasteiger partial charge is 0.475 e. The van der Waals surface area contributed by atoms with Gasteiger partial charge in [-0.2, -0.15) is 0 Å². The highest BCUT2D eigenvalue weighted by atomic mass is 16.4. The Morgan fingerprint density at radius 3 is 2.32 bits per heavy atom. The second-order valence-electron chi connectivity index (χ2n) is 4.54. The van der Waals surface area contributed by atoms with E-state index >= 15 is 0 Å². The second-order valence-corrected chi connectivity index (χ2v) is 4.54. The topological polar surface area (TPSA) is 59.3 Å². The van der Waals surface area contributed by atoms with Crippen LogP contribution in [0.15, 0.2) is 30.3 Å². The van der Waals surface area contributed by atoms with Crippen LogP contribution in [0.5, 0.6) is 0 Å². The van der Waals surface area contributed by atoms with Crippen LogP contribution in [0.4, 0.5) is 0 Å². The van der Waals surface area contributed by atoms with E-state index in [0.717, 1.165) is 16.9 Å². The summed E-state index contributed by atoms with van der Waals surface area (Å²) < 4.78 is 1.91. The molecule has 0 unspecified atom stereocenters. The van der Waals surface area contributed by atoms with E-state index < -0.39 is 11.8 Å². The fourth-order valence-electron chi connectivity index (χ4n) is 2.29. The molecular formula is C15H15NO3. The maximum atomic E-state index is 11.6. The van der Waals surface area contributed by atoms with Crippen LogP contribution in [0.3, 0.4) is 0 Å². The Hall–Kier alpha value is -2.36. The van der Waals surface area contributed by atoms with Crippen LogP contribution in [0.25, 0.3) is 5.69 Å². The van der Waals surface area contributed by atoms with Crippen LogP contribution in [0.1, 0.15) is 27.3 Å². The third kappa shape index (κ3) is 2.17. The number of rotatable bonds is 3. The van der Waals surface area contributed by atoms with Gasteiger partial charge in [0.2, 0.25) is 0 Å². The zero-order chi connectivity index (χ0) is 14.2. The minimum absolute atomic E-state index is 0.244. The quantitative estimate of drug-likeness (QED) is 0.679. The number of benzene rings is 1. The molecule has 1 heterocycles. The molecule has 0 atom stereocenters. The molecule has 4 heteroatoms. The van der Waals surface area contributed by atoms with Gasteiger partial charge in [0.05, 0.1) is 5.56 Å². The fourth-order valence-corrected chi connectivity index (χ4v) is 2.29. The Morgan fingerprint density at radius 2 is 1.74 bits per heavy atom. The molecule has 0 aliphatic rings. The highest BCUT2D eigenvalue weighted by Crippen LogP contribution is 2.23. The van der Waals surface area contributed by atoms with Gasteiger partial charge in [-0.15, -0.1) is 0 Å². The number of carbonyl (C=O) groups is 2. The van der Waals surface area contributed by atoms with Crippen molar-refractivity contribution in [2.24, 2.45) is 0 Å². The van der Waals surface area contributed by atoms with Gasteiger partial charge in [0.15, 0.2) is 0 Å². The van der Waals surface area contributed by atoms with Crippen molar-refractivity contribution in [3.05, 3.63) is 52.8 Å². The summed E-state index contributed by atoms with van der Waals surface area (Å²) in [5.41, 5.74) is 3.77. The minimum Gasteiger partial charge on any atom is -0.475 e. The highest BCUT2D eigenvalue weighted by molar-refractivity contribution is 6.40. The lowest BCUT2D eigenvalue weighted by Crippen LogP contribution is -2.13. The van der Waals surface area contributed by atoms with Crippen molar-refractivity contribution in [2.45, 2.75) is 20.8 Å². The number of para-hydroxylation sites is 1. The summed E-state index contributed by atoms with van der Waals surface area (Å²) in [4.78, 5) is 22.5. The van der Waals surface area contributed by atoms with Gasteiger partial charge in [0.25, 0.3) is 5.78 Å². The van der Waals surface area contributed by atoms with Gasteiger partial charge in [0, 0.05) is 17.1 Å². The van der Waals surface area contributed by atoms with Crippen LogP contribution in [-0.2, 0) is 4.79 Å². The van der Waals surface area contributed by atoms with Crippen LogP contribution >= 0.6 is 0 Å². The first kappa shape index (κ1) is 13.1. The van der Waals surface area contributed by atoms with Crippen molar-refractivity contribution in [3.8, 4) is 5.69 Å². The molecule has 0 saturated heterocycles. The van der Waals surface area contributed by atoms with Gasteiger partial charge >= 0.3 is 5.97 Å². The van der Waals surface area contributed by atoms with Crippen molar-refractivity contribution in [1.29, 1.82) is 0 Å². The first-order valence-corrected chi connectivity index (χ1v) is 5.96. The number of carbonyl (C=O) groups excluding carboxylic acids is 1. The first-order chi connectivity index (χ1) is 8.93. The molecular weight excluding hydrogens is 242 g/mol. The number of carboxylic acids is 1. The van der Waals surface area contributed by atoms with Gasteiger partial charge in [-0.3, -0.25) is 4.79 Å². The lowest BCUT2D eigenvalue weighted by atomic mass is 10.1. The molecule has 19 heavy (non-hydrogen) atoms. The van der Waals surface area contributed by atoms with E-state index in [1.165, 1.54) is 0 Å². The maximum Gasteiger partial charge on any atom is 0.377 e. The third-order valence-electron chi connectivity index (χ3n) is 3.23. The second kappa shape index (κ2) is 4.72. The van der Waals surface area contributed by atoms with Crippen molar-refractivity contribution in [3.63, 3.8) is 0 Å². The number of hydrogen-bond donors (Lipinski definition) is 1. The average Bonchev–Trinajstić information content (AvgIpc) is 2.65. The van der Waals surface area contributed by atoms with E-state index in [1.807, 2.05) is 42.7 Å². The van der Waals surface area contributed by atoms with E-state index in [0.29, 0.717) is 5.69 Å². The molecule has 1 aromatic carbocycles. The molecule has 0 fully saturated rings. The zero-order valence-corrected chi connectivity index (χ0v) is 11.1. The molecule has 2 aromatic rings. The maximum absolute atomic E-state index is 11.6.